The molecule has 0 saturated heterocycles. The summed E-state index contributed by atoms with van der Waals surface area (Å²) in [5.41, 5.74) is 6.60. The van der Waals surface area contributed by atoms with Gasteiger partial charge in [-0.05, 0) is 48.7 Å². The van der Waals surface area contributed by atoms with Gasteiger partial charge in [-0.3, -0.25) is 9.89 Å². The number of fused-ring (bicyclic) bond motifs is 4. The van der Waals surface area contributed by atoms with Crippen LogP contribution in [0.25, 0.3) is 22.3 Å². The molecule has 0 unspecified atom stereocenters. The van der Waals surface area contributed by atoms with Crippen LogP contribution in [0.1, 0.15) is 21.6 Å². The van der Waals surface area contributed by atoms with E-state index in [-0.39, 0.29) is 5.91 Å². The predicted octanol–water partition coefficient (Wildman–Crippen LogP) is 3.44. The third-order valence-corrected chi connectivity index (χ3v) is 5.38. The van der Waals surface area contributed by atoms with Gasteiger partial charge in [-0.25, -0.2) is 0 Å². The minimum absolute atomic E-state index is 0.221. The van der Waals surface area contributed by atoms with Gasteiger partial charge in [0.1, 0.15) is 22.5 Å². The smallest absolute Gasteiger partial charge is 0.274 e. The molecule has 0 fully saturated rings. The standard InChI is InChI=1S/C19H15N5O2S/c1-26-11-6-8-12-10(9-11)5-7-13-16(12)21-22-17(13)19(25)20-14-3-2-4-15-18(14)24-27-23-15/h2-4,6,8-9H,5,7H2,1H3,(H,20,25)(H,21,22). The van der Waals surface area contributed by atoms with Gasteiger partial charge in [0.25, 0.3) is 5.91 Å². The molecule has 5 rings (SSSR count). The van der Waals surface area contributed by atoms with Crippen molar-refractivity contribution in [3.8, 4) is 17.0 Å². The maximum atomic E-state index is 12.9. The Morgan fingerprint density at radius 3 is 3.04 bits per heavy atom. The highest BCUT2D eigenvalue weighted by Crippen LogP contribution is 2.35. The van der Waals surface area contributed by atoms with Gasteiger partial charge in [-0.1, -0.05) is 6.07 Å². The van der Waals surface area contributed by atoms with E-state index in [0.29, 0.717) is 16.9 Å². The first-order valence-corrected chi connectivity index (χ1v) is 9.25. The van der Waals surface area contributed by atoms with E-state index < -0.39 is 0 Å². The quantitative estimate of drug-likeness (QED) is 0.570. The number of nitrogens with zero attached hydrogens (tertiary/aromatic N) is 3. The number of carbonyl (C=O) groups is 1. The zero-order valence-corrected chi connectivity index (χ0v) is 15.3. The van der Waals surface area contributed by atoms with Crippen molar-refractivity contribution in [1.82, 2.24) is 18.9 Å². The summed E-state index contributed by atoms with van der Waals surface area (Å²) in [5.74, 6) is 0.608. The molecule has 4 aromatic rings. The largest absolute Gasteiger partial charge is 0.497 e. The van der Waals surface area contributed by atoms with Crippen molar-refractivity contribution >= 4 is 34.4 Å². The molecule has 0 bridgehead atoms. The second-order valence-corrected chi connectivity index (χ2v) is 6.87. The second kappa shape index (κ2) is 6.17. The summed E-state index contributed by atoms with van der Waals surface area (Å²) in [7, 11) is 1.66. The Kier molecular flexibility index (Phi) is 3.64. The Balaban J connectivity index is 1.50. The molecule has 2 heterocycles. The first-order valence-electron chi connectivity index (χ1n) is 8.52. The van der Waals surface area contributed by atoms with Gasteiger partial charge in [-0.2, -0.15) is 13.8 Å². The van der Waals surface area contributed by atoms with E-state index in [0.717, 1.165) is 52.7 Å². The summed E-state index contributed by atoms with van der Waals surface area (Å²) < 4.78 is 13.8. The number of aryl methyl sites for hydroxylation is 1. The molecule has 7 nitrogen and oxygen atoms in total. The summed E-state index contributed by atoms with van der Waals surface area (Å²) in [6, 6.07) is 11.5. The van der Waals surface area contributed by atoms with Gasteiger partial charge in [0.15, 0.2) is 0 Å². The molecule has 27 heavy (non-hydrogen) atoms. The predicted molar refractivity (Wildman–Crippen MR) is 103 cm³/mol. The Morgan fingerprint density at radius 1 is 1.22 bits per heavy atom. The number of benzene rings is 2. The monoisotopic (exact) mass is 377 g/mol. The maximum absolute atomic E-state index is 12.9. The van der Waals surface area contributed by atoms with Crippen molar-refractivity contribution in [3.05, 3.63) is 53.2 Å². The lowest BCUT2D eigenvalue weighted by atomic mass is 9.89. The van der Waals surface area contributed by atoms with Crippen LogP contribution >= 0.6 is 11.7 Å². The molecule has 0 atom stereocenters. The number of methoxy groups -OCH3 is 1. The van der Waals surface area contributed by atoms with Crippen molar-refractivity contribution in [2.24, 2.45) is 0 Å². The van der Waals surface area contributed by atoms with Gasteiger partial charge >= 0.3 is 0 Å². The maximum Gasteiger partial charge on any atom is 0.274 e. The number of aromatic nitrogens is 4. The second-order valence-electron chi connectivity index (χ2n) is 6.34. The van der Waals surface area contributed by atoms with Crippen molar-refractivity contribution in [1.29, 1.82) is 0 Å². The number of hydrogen-bond acceptors (Lipinski definition) is 6. The number of rotatable bonds is 3. The molecular formula is C19H15N5O2S. The van der Waals surface area contributed by atoms with Crippen molar-refractivity contribution in [3.63, 3.8) is 0 Å². The highest BCUT2D eigenvalue weighted by Gasteiger charge is 2.26. The molecule has 2 aromatic carbocycles. The minimum atomic E-state index is -0.221. The fraction of sp³-hybridized carbons (Fsp3) is 0.158. The van der Waals surface area contributed by atoms with E-state index >= 15 is 0 Å². The van der Waals surface area contributed by atoms with Crippen LogP contribution in [-0.4, -0.2) is 32.0 Å². The molecule has 134 valence electrons. The lowest BCUT2D eigenvalue weighted by molar-refractivity contribution is 0.102. The van der Waals surface area contributed by atoms with E-state index in [1.54, 1.807) is 7.11 Å². The minimum Gasteiger partial charge on any atom is -0.497 e. The van der Waals surface area contributed by atoms with Crippen LogP contribution in [0.4, 0.5) is 5.69 Å². The van der Waals surface area contributed by atoms with E-state index in [2.05, 4.69) is 24.3 Å². The van der Waals surface area contributed by atoms with Gasteiger partial charge in [0.05, 0.1) is 30.2 Å². The van der Waals surface area contributed by atoms with Crippen LogP contribution in [0, 0.1) is 0 Å². The molecule has 0 spiro atoms. The fourth-order valence-corrected chi connectivity index (χ4v) is 4.06. The molecular weight excluding hydrogens is 362 g/mol. The Hall–Kier alpha value is -3.26. The van der Waals surface area contributed by atoms with Crippen LogP contribution in [0.5, 0.6) is 5.75 Å². The zero-order valence-electron chi connectivity index (χ0n) is 14.4. The van der Waals surface area contributed by atoms with Gasteiger partial charge in [0.2, 0.25) is 0 Å². The van der Waals surface area contributed by atoms with Crippen molar-refractivity contribution < 1.29 is 9.53 Å². The van der Waals surface area contributed by atoms with E-state index in [1.165, 1.54) is 5.56 Å². The molecule has 1 amide bonds. The number of H-pyrrole nitrogens is 1. The van der Waals surface area contributed by atoms with Crippen LogP contribution in [0.15, 0.2) is 36.4 Å². The van der Waals surface area contributed by atoms with Crippen molar-refractivity contribution in [2.75, 3.05) is 12.4 Å². The summed E-state index contributed by atoms with van der Waals surface area (Å²) >= 11 is 1.13. The number of amides is 1. The fourth-order valence-electron chi connectivity index (χ4n) is 3.51. The Morgan fingerprint density at radius 2 is 2.15 bits per heavy atom. The van der Waals surface area contributed by atoms with Gasteiger partial charge in [-0.15, -0.1) is 0 Å². The lowest BCUT2D eigenvalue weighted by Gasteiger charge is -2.17. The van der Waals surface area contributed by atoms with Crippen molar-refractivity contribution in [2.45, 2.75) is 12.8 Å². The molecule has 1 aliphatic rings. The molecule has 0 saturated carbocycles. The van der Waals surface area contributed by atoms with Crippen LogP contribution in [0.3, 0.4) is 0 Å². The average Bonchev–Trinajstić information content (AvgIpc) is 3.35. The van der Waals surface area contributed by atoms with E-state index in [9.17, 15) is 4.79 Å². The number of carbonyl (C=O) groups excluding carboxylic acids is 1. The summed E-state index contributed by atoms with van der Waals surface area (Å²) in [5, 5.41) is 10.3. The number of anilines is 1. The third-order valence-electron chi connectivity index (χ3n) is 4.84. The topological polar surface area (TPSA) is 92.8 Å². The highest BCUT2D eigenvalue weighted by molar-refractivity contribution is 7.00. The molecule has 2 N–H and O–H groups in total. The van der Waals surface area contributed by atoms with E-state index in [1.807, 2.05) is 36.4 Å². The Bertz CT molecular complexity index is 1180. The summed E-state index contributed by atoms with van der Waals surface area (Å²) in [6.45, 7) is 0. The molecule has 1 aliphatic carbocycles. The third kappa shape index (κ3) is 2.57. The SMILES string of the molecule is COc1ccc2c(c1)CCc1c-2n[nH]c1C(=O)Nc1cccc2nsnc12. The normalized spacial score (nSPS) is 12.5. The van der Waals surface area contributed by atoms with Gasteiger partial charge in [0, 0.05) is 11.1 Å². The highest BCUT2D eigenvalue weighted by atomic mass is 32.1. The molecule has 8 heteroatoms. The van der Waals surface area contributed by atoms with E-state index in [4.69, 9.17) is 4.74 Å². The van der Waals surface area contributed by atoms with Crippen LogP contribution in [0.2, 0.25) is 0 Å². The Labute approximate surface area is 158 Å². The molecule has 0 aliphatic heterocycles. The van der Waals surface area contributed by atoms with Crippen LogP contribution in [-0.2, 0) is 12.8 Å². The number of ether oxygens (including phenoxy) is 1. The van der Waals surface area contributed by atoms with Gasteiger partial charge < -0.3 is 10.1 Å². The average molecular weight is 377 g/mol. The zero-order chi connectivity index (χ0) is 18.4. The number of hydrogen-bond donors (Lipinski definition) is 2. The number of nitrogens with one attached hydrogen (secondary N) is 2. The summed E-state index contributed by atoms with van der Waals surface area (Å²) in [4.78, 5) is 12.9. The molecule has 2 aromatic heterocycles. The molecule has 0 radical (unpaired) electrons. The first kappa shape index (κ1) is 16.0. The van der Waals surface area contributed by atoms with Crippen LogP contribution < -0.4 is 10.1 Å². The lowest BCUT2D eigenvalue weighted by Crippen LogP contribution is -2.16. The first-order chi connectivity index (χ1) is 13.2. The number of aromatic amines is 1. The summed E-state index contributed by atoms with van der Waals surface area (Å²) in [6.07, 6.45) is 1.59.